The summed E-state index contributed by atoms with van der Waals surface area (Å²) >= 11 is 0. The first-order valence-corrected chi connectivity index (χ1v) is 3.73. The number of rotatable bonds is 3. The zero-order chi connectivity index (χ0) is 10.4. The molecule has 0 atom stereocenters. The monoisotopic (exact) mass is 187 g/mol. The maximum Gasteiger partial charge on any atom is 0.347 e. The first kappa shape index (κ1) is 11.5. The Morgan fingerprint density at radius 3 is 1.77 bits per heavy atom. The number of allylic oxidation sites excluding steroid dienone is 1. The largest absolute Gasteiger partial charge is 0.465 e. The summed E-state index contributed by atoms with van der Waals surface area (Å²) in [5.41, 5.74) is 5.38. The maximum atomic E-state index is 11.1. The van der Waals surface area contributed by atoms with Crippen LogP contribution < -0.4 is 5.73 Å². The van der Waals surface area contributed by atoms with E-state index in [2.05, 4.69) is 9.47 Å². The lowest BCUT2D eigenvalue weighted by molar-refractivity contribution is -0.144. The zero-order valence-electron chi connectivity index (χ0n) is 7.92. The highest BCUT2D eigenvalue weighted by atomic mass is 16.5. The number of methoxy groups -OCH3 is 2. The molecule has 0 aromatic rings. The molecule has 0 spiro atoms. The molecular formula is C8H13NO4. The normalized spacial score (nSPS) is 8.85. The summed E-state index contributed by atoms with van der Waals surface area (Å²) in [7, 11) is 2.35. The van der Waals surface area contributed by atoms with Crippen molar-refractivity contribution in [2.24, 2.45) is 5.73 Å². The molecule has 0 amide bonds. The molecule has 0 aromatic heterocycles. The summed E-state index contributed by atoms with van der Waals surface area (Å²) < 4.78 is 8.76. The highest BCUT2D eigenvalue weighted by Crippen LogP contribution is 2.06. The Morgan fingerprint density at radius 2 is 1.54 bits per heavy atom. The van der Waals surface area contributed by atoms with Crippen LogP contribution in [0, 0.1) is 0 Å². The smallest absolute Gasteiger partial charge is 0.347 e. The second kappa shape index (κ2) is 5.18. The number of nitrogens with two attached hydrogens (primary N) is 1. The molecule has 2 N–H and O–H groups in total. The van der Waals surface area contributed by atoms with Crippen molar-refractivity contribution in [2.45, 2.75) is 13.3 Å². The van der Waals surface area contributed by atoms with Crippen LogP contribution in [0.15, 0.2) is 11.3 Å². The molecule has 0 unspecified atom stereocenters. The predicted octanol–water partition coefficient (Wildman–Crippen LogP) is -0.0448. The molecule has 0 fully saturated rings. The van der Waals surface area contributed by atoms with Crippen LogP contribution in [-0.4, -0.2) is 26.2 Å². The minimum Gasteiger partial charge on any atom is -0.465 e. The van der Waals surface area contributed by atoms with Crippen molar-refractivity contribution in [2.75, 3.05) is 14.2 Å². The Labute approximate surface area is 76.5 Å². The molecule has 0 saturated carbocycles. The summed E-state index contributed by atoms with van der Waals surface area (Å²) in [6.07, 6.45) is 0.388. The van der Waals surface area contributed by atoms with Crippen molar-refractivity contribution < 1.29 is 19.1 Å². The van der Waals surface area contributed by atoms with E-state index < -0.39 is 11.9 Å². The van der Waals surface area contributed by atoms with Crippen LogP contribution in [0.5, 0.6) is 0 Å². The summed E-state index contributed by atoms with van der Waals surface area (Å²) in [5, 5.41) is 0. The predicted molar refractivity (Wildman–Crippen MR) is 45.5 cm³/mol. The van der Waals surface area contributed by atoms with E-state index in [0.717, 1.165) is 0 Å². The Kier molecular flexibility index (Phi) is 4.58. The molecule has 0 saturated heterocycles. The van der Waals surface area contributed by atoms with Crippen LogP contribution in [0.4, 0.5) is 0 Å². The van der Waals surface area contributed by atoms with Gasteiger partial charge in [-0.2, -0.15) is 0 Å². The summed E-state index contributed by atoms with van der Waals surface area (Å²) in [5.74, 6) is -1.54. The molecule has 5 heteroatoms. The van der Waals surface area contributed by atoms with E-state index >= 15 is 0 Å². The summed E-state index contributed by atoms with van der Waals surface area (Å²) in [6.45, 7) is 1.72. The molecule has 0 aliphatic carbocycles. The topological polar surface area (TPSA) is 78.6 Å². The number of esters is 2. The van der Waals surface area contributed by atoms with Crippen molar-refractivity contribution in [3.8, 4) is 0 Å². The van der Waals surface area contributed by atoms with Gasteiger partial charge >= 0.3 is 11.9 Å². The van der Waals surface area contributed by atoms with Gasteiger partial charge in [-0.1, -0.05) is 6.92 Å². The van der Waals surface area contributed by atoms with Gasteiger partial charge in [0.15, 0.2) is 5.57 Å². The number of carbonyl (C=O) groups excluding carboxylic acids is 2. The molecule has 0 bridgehead atoms. The van der Waals surface area contributed by atoms with Gasteiger partial charge in [0.05, 0.1) is 14.2 Å². The van der Waals surface area contributed by atoms with Gasteiger partial charge in [-0.3, -0.25) is 0 Å². The molecule has 0 radical (unpaired) electrons. The molecule has 0 rings (SSSR count). The van der Waals surface area contributed by atoms with Gasteiger partial charge in [0, 0.05) is 5.70 Å². The minimum atomic E-state index is -0.772. The van der Waals surface area contributed by atoms with E-state index in [1.807, 2.05) is 0 Å². The lowest BCUT2D eigenvalue weighted by atomic mass is 10.2. The minimum absolute atomic E-state index is 0.165. The zero-order valence-corrected chi connectivity index (χ0v) is 7.92. The van der Waals surface area contributed by atoms with Crippen LogP contribution in [-0.2, 0) is 19.1 Å². The molecule has 0 aliphatic heterocycles. The highest BCUT2D eigenvalue weighted by molar-refractivity contribution is 6.14. The van der Waals surface area contributed by atoms with Crippen molar-refractivity contribution >= 4 is 11.9 Å². The third-order valence-electron chi connectivity index (χ3n) is 1.48. The third kappa shape index (κ3) is 2.77. The average Bonchev–Trinajstić information content (AvgIpc) is 2.16. The van der Waals surface area contributed by atoms with Gasteiger partial charge in [0.25, 0.3) is 0 Å². The fourth-order valence-electron chi connectivity index (χ4n) is 0.726. The van der Waals surface area contributed by atoms with Gasteiger partial charge in [-0.25, -0.2) is 9.59 Å². The SMILES string of the molecule is CCC(N)=C(C(=O)OC)C(=O)OC. The number of carbonyl (C=O) groups is 2. The first-order chi connectivity index (χ1) is 6.08. The average molecular weight is 187 g/mol. The number of hydrogen-bond donors (Lipinski definition) is 1. The van der Waals surface area contributed by atoms with E-state index in [-0.39, 0.29) is 11.3 Å². The Bertz CT molecular complexity index is 227. The van der Waals surface area contributed by atoms with E-state index in [4.69, 9.17) is 5.73 Å². The lowest BCUT2D eigenvalue weighted by Gasteiger charge is -2.05. The van der Waals surface area contributed by atoms with Crippen LogP contribution in [0.1, 0.15) is 13.3 Å². The highest BCUT2D eigenvalue weighted by Gasteiger charge is 2.22. The van der Waals surface area contributed by atoms with Crippen molar-refractivity contribution in [3.05, 3.63) is 11.3 Å². The van der Waals surface area contributed by atoms with Crippen molar-refractivity contribution in [1.82, 2.24) is 0 Å². The Hall–Kier alpha value is -1.52. The van der Waals surface area contributed by atoms with E-state index in [1.54, 1.807) is 6.92 Å². The molecule has 0 aliphatic rings. The molecule has 74 valence electrons. The Morgan fingerprint density at radius 1 is 1.15 bits per heavy atom. The first-order valence-electron chi connectivity index (χ1n) is 3.73. The van der Waals surface area contributed by atoms with E-state index in [0.29, 0.717) is 6.42 Å². The van der Waals surface area contributed by atoms with Gasteiger partial charge in [0.2, 0.25) is 0 Å². The van der Waals surface area contributed by atoms with Crippen molar-refractivity contribution in [3.63, 3.8) is 0 Å². The van der Waals surface area contributed by atoms with Gasteiger partial charge in [0.1, 0.15) is 0 Å². The van der Waals surface area contributed by atoms with E-state index in [9.17, 15) is 9.59 Å². The van der Waals surface area contributed by atoms with Crippen LogP contribution in [0.2, 0.25) is 0 Å². The quantitative estimate of drug-likeness (QED) is 0.290. The maximum absolute atomic E-state index is 11.1. The van der Waals surface area contributed by atoms with Crippen molar-refractivity contribution in [1.29, 1.82) is 0 Å². The standard InChI is InChI=1S/C8H13NO4/c1-4-5(9)6(7(10)12-2)8(11)13-3/h4,9H2,1-3H3. The number of ether oxygens (including phenoxy) is 2. The van der Waals surface area contributed by atoms with Gasteiger partial charge < -0.3 is 15.2 Å². The summed E-state index contributed by atoms with van der Waals surface area (Å²) in [6, 6.07) is 0. The van der Waals surface area contributed by atoms with Gasteiger partial charge in [-0.15, -0.1) is 0 Å². The fraction of sp³-hybridized carbons (Fsp3) is 0.500. The second-order valence-electron chi connectivity index (χ2n) is 2.24. The van der Waals surface area contributed by atoms with Gasteiger partial charge in [-0.05, 0) is 6.42 Å². The second-order valence-corrected chi connectivity index (χ2v) is 2.24. The molecule has 0 aromatic carbocycles. The van der Waals surface area contributed by atoms with Crippen LogP contribution in [0.3, 0.4) is 0 Å². The molecule has 13 heavy (non-hydrogen) atoms. The number of hydrogen-bond acceptors (Lipinski definition) is 5. The lowest BCUT2D eigenvalue weighted by Crippen LogP contribution is -2.21. The molecule has 5 nitrogen and oxygen atoms in total. The van der Waals surface area contributed by atoms with Crippen LogP contribution in [0.25, 0.3) is 0 Å². The van der Waals surface area contributed by atoms with E-state index in [1.165, 1.54) is 14.2 Å². The molecule has 0 heterocycles. The molecular weight excluding hydrogens is 174 g/mol. The Balaban J connectivity index is 4.97. The fourth-order valence-corrected chi connectivity index (χ4v) is 0.726. The third-order valence-corrected chi connectivity index (χ3v) is 1.48. The van der Waals surface area contributed by atoms with Crippen LogP contribution >= 0.6 is 0 Å². The summed E-state index contributed by atoms with van der Waals surface area (Å²) in [4.78, 5) is 22.1.